The molecule has 0 fully saturated rings. The Morgan fingerprint density at radius 2 is 1.87 bits per heavy atom. The van der Waals surface area contributed by atoms with E-state index in [9.17, 15) is 14.9 Å². The van der Waals surface area contributed by atoms with Gasteiger partial charge in [0.05, 0.1) is 18.6 Å². The van der Waals surface area contributed by atoms with Gasteiger partial charge in [0.2, 0.25) is 5.91 Å². The van der Waals surface area contributed by atoms with Crippen molar-refractivity contribution in [1.29, 1.82) is 0 Å². The topological polar surface area (TPSA) is 84.7 Å². The zero-order chi connectivity index (χ0) is 16.8. The zero-order valence-electron chi connectivity index (χ0n) is 12.9. The van der Waals surface area contributed by atoms with Crippen LogP contribution in [-0.4, -0.2) is 31.5 Å². The molecule has 7 nitrogen and oxygen atoms in total. The molecule has 0 aliphatic carbocycles. The molecule has 0 aromatic heterocycles. The maximum absolute atomic E-state index is 12.1. The van der Waals surface area contributed by atoms with Crippen LogP contribution in [0.4, 0.5) is 17.1 Å². The second-order valence-electron chi connectivity index (χ2n) is 4.88. The van der Waals surface area contributed by atoms with Crippen molar-refractivity contribution in [3.05, 3.63) is 58.6 Å². The molecule has 2 rings (SSSR count). The van der Waals surface area contributed by atoms with Gasteiger partial charge in [-0.25, -0.2) is 0 Å². The maximum Gasteiger partial charge on any atom is 0.292 e. The summed E-state index contributed by atoms with van der Waals surface area (Å²) in [5.74, 6) is 0.427. The Morgan fingerprint density at radius 3 is 2.48 bits per heavy atom. The first kappa shape index (κ1) is 16.3. The molecule has 1 N–H and O–H groups in total. The first-order valence-electron chi connectivity index (χ1n) is 6.89. The lowest BCUT2D eigenvalue weighted by Crippen LogP contribution is -2.30. The Bertz CT molecular complexity index is 701. The number of carbonyl (C=O) groups excluding carboxylic acids is 1. The number of nitrogens with one attached hydrogen (secondary N) is 1. The van der Waals surface area contributed by atoms with Crippen LogP contribution in [0.15, 0.2) is 48.5 Å². The molecule has 0 heterocycles. The number of nitro benzene ring substituents is 1. The fourth-order valence-corrected chi connectivity index (χ4v) is 2.12. The zero-order valence-corrected chi connectivity index (χ0v) is 12.9. The third kappa shape index (κ3) is 4.19. The molecule has 120 valence electrons. The molecule has 23 heavy (non-hydrogen) atoms. The molecule has 0 aliphatic rings. The Labute approximate surface area is 133 Å². The number of methoxy groups -OCH3 is 1. The first-order valence-corrected chi connectivity index (χ1v) is 6.89. The van der Waals surface area contributed by atoms with E-state index in [1.807, 2.05) is 0 Å². The van der Waals surface area contributed by atoms with Gasteiger partial charge in [0.15, 0.2) is 0 Å². The molecular formula is C16H17N3O4. The quantitative estimate of drug-likeness (QED) is 0.654. The van der Waals surface area contributed by atoms with E-state index in [1.165, 1.54) is 11.0 Å². The monoisotopic (exact) mass is 315 g/mol. The van der Waals surface area contributed by atoms with Gasteiger partial charge in [-0.1, -0.05) is 12.1 Å². The molecule has 0 saturated carbocycles. The largest absolute Gasteiger partial charge is 0.497 e. The standard InChI is InChI=1S/C16H17N3O4/c1-18(14-5-3-4-6-15(14)19(21)22)11-16(20)17-12-7-9-13(23-2)10-8-12/h3-10H,11H2,1-2H3,(H,17,20). The van der Waals surface area contributed by atoms with Crippen molar-refractivity contribution in [3.63, 3.8) is 0 Å². The van der Waals surface area contributed by atoms with E-state index in [0.29, 0.717) is 17.1 Å². The van der Waals surface area contributed by atoms with Crippen LogP contribution in [0.1, 0.15) is 0 Å². The molecule has 0 atom stereocenters. The van der Waals surface area contributed by atoms with E-state index in [4.69, 9.17) is 4.74 Å². The second kappa shape index (κ2) is 7.26. The van der Waals surface area contributed by atoms with Gasteiger partial charge in [0.25, 0.3) is 5.69 Å². The van der Waals surface area contributed by atoms with Crippen molar-refractivity contribution < 1.29 is 14.5 Å². The minimum Gasteiger partial charge on any atom is -0.497 e. The number of nitro groups is 1. The minimum absolute atomic E-state index is 0.00309. The van der Waals surface area contributed by atoms with E-state index in [2.05, 4.69) is 5.32 Å². The average molecular weight is 315 g/mol. The summed E-state index contributed by atoms with van der Waals surface area (Å²) in [5, 5.41) is 13.8. The SMILES string of the molecule is COc1ccc(NC(=O)CN(C)c2ccccc2[N+](=O)[O-])cc1. The summed E-state index contributed by atoms with van der Waals surface area (Å²) in [6.07, 6.45) is 0. The number of carbonyl (C=O) groups is 1. The minimum atomic E-state index is -0.465. The van der Waals surface area contributed by atoms with Crippen LogP contribution >= 0.6 is 0 Å². The van der Waals surface area contributed by atoms with E-state index in [-0.39, 0.29) is 18.1 Å². The highest BCUT2D eigenvalue weighted by atomic mass is 16.6. The van der Waals surface area contributed by atoms with Crippen molar-refractivity contribution in [2.24, 2.45) is 0 Å². The Balaban J connectivity index is 2.03. The molecule has 0 unspecified atom stereocenters. The van der Waals surface area contributed by atoms with E-state index >= 15 is 0 Å². The number of likely N-dealkylation sites (N-methyl/N-ethyl adjacent to an activating group) is 1. The lowest BCUT2D eigenvalue weighted by molar-refractivity contribution is -0.384. The third-order valence-electron chi connectivity index (χ3n) is 3.24. The summed E-state index contributed by atoms with van der Waals surface area (Å²) in [6, 6.07) is 13.2. The predicted octanol–water partition coefficient (Wildman–Crippen LogP) is 2.68. The molecule has 1 amide bonds. The molecule has 0 saturated heterocycles. The van der Waals surface area contributed by atoms with Gasteiger partial charge in [0, 0.05) is 18.8 Å². The summed E-state index contributed by atoms with van der Waals surface area (Å²) in [7, 11) is 3.20. The van der Waals surface area contributed by atoms with Crippen LogP contribution < -0.4 is 15.0 Å². The van der Waals surface area contributed by atoms with Gasteiger partial charge in [0.1, 0.15) is 11.4 Å². The number of nitrogens with zero attached hydrogens (tertiary/aromatic N) is 2. The summed E-state index contributed by atoms with van der Waals surface area (Å²) in [4.78, 5) is 24.2. The summed E-state index contributed by atoms with van der Waals surface area (Å²) in [5.41, 5.74) is 0.987. The number of hydrogen-bond acceptors (Lipinski definition) is 5. The third-order valence-corrected chi connectivity index (χ3v) is 3.24. The average Bonchev–Trinajstić information content (AvgIpc) is 2.55. The van der Waals surface area contributed by atoms with Crippen molar-refractivity contribution >= 4 is 23.0 Å². The van der Waals surface area contributed by atoms with Crippen LogP contribution in [0, 0.1) is 10.1 Å². The van der Waals surface area contributed by atoms with Crippen molar-refractivity contribution in [1.82, 2.24) is 0 Å². The number of benzene rings is 2. The second-order valence-corrected chi connectivity index (χ2v) is 4.88. The number of amides is 1. The van der Waals surface area contributed by atoms with Gasteiger partial charge in [-0.05, 0) is 30.3 Å². The molecule has 0 bridgehead atoms. The Hall–Kier alpha value is -3.09. The van der Waals surface area contributed by atoms with Gasteiger partial charge in [-0.15, -0.1) is 0 Å². The number of ether oxygens (including phenoxy) is 1. The Kier molecular flexibility index (Phi) is 5.14. The van der Waals surface area contributed by atoms with Crippen LogP contribution in [0.25, 0.3) is 0 Å². The first-order chi connectivity index (χ1) is 11.0. The molecule has 0 spiro atoms. The van der Waals surface area contributed by atoms with Gasteiger partial charge in [-0.3, -0.25) is 14.9 Å². The summed E-state index contributed by atoms with van der Waals surface area (Å²) >= 11 is 0. The molecule has 2 aromatic carbocycles. The van der Waals surface area contributed by atoms with Crippen LogP contribution in [-0.2, 0) is 4.79 Å². The highest BCUT2D eigenvalue weighted by Crippen LogP contribution is 2.26. The van der Waals surface area contributed by atoms with Crippen LogP contribution in [0.5, 0.6) is 5.75 Å². The number of anilines is 2. The number of para-hydroxylation sites is 2. The number of rotatable bonds is 6. The lowest BCUT2D eigenvalue weighted by Gasteiger charge is -2.18. The molecule has 7 heteroatoms. The maximum atomic E-state index is 12.1. The Morgan fingerprint density at radius 1 is 1.22 bits per heavy atom. The molecule has 0 aliphatic heterocycles. The number of hydrogen-bond donors (Lipinski definition) is 1. The smallest absolute Gasteiger partial charge is 0.292 e. The molecule has 2 aromatic rings. The summed E-state index contributed by atoms with van der Waals surface area (Å²) < 4.78 is 5.05. The van der Waals surface area contributed by atoms with Crippen molar-refractivity contribution in [2.75, 3.05) is 30.9 Å². The van der Waals surface area contributed by atoms with Crippen molar-refractivity contribution in [3.8, 4) is 5.75 Å². The van der Waals surface area contributed by atoms with E-state index in [0.717, 1.165) is 0 Å². The van der Waals surface area contributed by atoms with Gasteiger partial charge < -0.3 is 15.0 Å². The molecular weight excluding hydrogens is 298 g/mol. The lowest BCUT2D eigenvalue weighted by atomic mass is 10.2. The fraction of sp³-hybridized carbons (Fsp3) is 0.188. The highest BCUT2D eigenvalue weighted by molar-refractivity contribution is 5.94. The van der Waals surface area contributed by atoms with Crippen LogP contribution in [0.3, 0.4) is 0 Å². The fourth-order valence-electron chi connectivity index (χ4n) is 2.12. The van der Waals surface area contributed by atoms with Gasteiger partial charge in [-0.2, -0.15) is 0 Å². The predicted molar refractivity (Wildman–Crippen MR) is 88.0 cm³/mol. The van der Waals surface area contributed by atoms with E-state index < -0.39 is 4.92 Å². The highest BCUT2D eigenvalue weighted by Gasteiger charge is 2.17. The van der Waals surface area contributed by atoms with Gasteiger partial charge >= 0.3 is 0 Å². The van der Waals surface area contributed by atoms with Crippen molar-refractivity contribution in [2.45, 2.75) is 0 Å². The normalized spacial score (nSPS) is 10.0. The van der Waals surface area contributed by atoms with Crippen LogP contribution in [0.2, 0.25) is 0 Å². The van der Waals surface area contributed by atoms with E-state index in [1.54, 1.807) is 56.6 Å². The molecule has 0 radical (unpaired) electrons. The summed E-state index contributed by atoms with van der Waals surface area (Å²) in [6.45, 7) is -0.00309.